The van der Waals surface area contributed by atoms with Gasteiger partial charge in [0.25, 0.3) is 0 Å². The molecule has 0 unspecified atom stereocenters. The lowest BCUT2D eigenvalue weighted by molar-refractivity contribution is 0.956. The molecule has 2 aliphatic rings. The van der Waals surface area contributed by atoms with E-state index in [0.717, 1.165) is 40.6 Å². The first-order valence-corrected chi connectivity index (χ1v) is 8.94. The van der Waals surface area contributed by atoms with Crippen LogP contribution >= 0.6 is 11.6 Å². The fourth-order valence-corrected chi connectivity index (χ4v) is 4.14. The van der Waals surface area contributed by atoms with Gasteiger partial charge in [0.05, 0.1) is 23.6 Å². The molecule has 4 heteroatoms. The van der Waals surface area contributed by atoms with E-state index in [0.29, 0.717) is 6.54 Å². The molecule has 0 amide bonds. The summed E-state index contributed by atoms with van der Waals surface area (Å²) < 4.78 is 2.20. The third-order valence-corrected chi connectivity index (χ3v) is 5.58. The van der Waals surface area contributed by atoms with Crippen molar-refractivity contribution in [2.45, 2.75) is 13.0 Å². The standard InChI is InChI=1S/C21H18ClN3/c1-24-11-9-14-12-15(7-8-18(14)24)21-20-6-3-10-25(20)19-5-2-4-17(22)16(19)13-23-21/h2-8,10,12H,9,11,13H2,1H3. The van der Waals surface area contributed by atoms with Crippen LogP contribution in [0.5, 0.6) is 0 Å². The van der Waals surface area contributed by atoms with Crippen LogP contribution in [-0.2, 0) is 13.0 Å². The Kier molecular flexibility index (Phi) is 3.25. The van der Waals surface area contributed by atoms with Crippen molar-refractivity contribution >= 4 is 23.0 Å². The molecule has 0 saturated heterocycles. The SMILES string of the molecule is CN1CCc2cc(C3=NCc4c(Cl)cccc4-n4cccc43)ccc21. The van der Waals surface area contributed by atoms with Gasteiger partial charge in [-0.25, -0.2) is 0 Å². The van der Waals surface area contributed by atoms with Crippen molar-refractivity contribution in [1.82, 2.24) is 4.57 Å². The van der Waals surface area contributed by atoms with Crippen LogP contribution in [0.25, 0.3) is 5.69 Å². The number of aliphatic imine (C=N–C) groups is 1. The molecule has 25 heavy (non-hydrogen) atoms. The van der Waals surface area contributed by atoms with Crippen molar-refractivity contribution in [2.75, 3.05) is 18.5 Å². The Bertz CT molecular complexity index is 1020. The van der Waals surface area contributed by atoms with Crippen LogP contribution in [0, 0.1) is 0 Å². The minimum Gasteiger partial charge on any atom is -0.374 e. The van der Waals surface area contributed by atoms with E-state index < -0.39 is 0 Å². The van der Waals surface area contributed by atoms with Gasteiger partial charge in [-0.1, -0.05) is 23.7 Å². The van der Waals surface area contributed by atoms with E-state index >= 15 is 0 Å². The number of hydrogen-bond donors (Lipinski definition) is 0. The Labute approximate surface area is 152 Å². The predicted octanol–water partition coefficient (Wildman–Crippen LogP) is 4.47. The highest BCUT2D eigenvalue weighted by atomic mass is 35.5. The zero-order chi connectivity index (χ0) is 17.0. The maximum absolute atomic E-state index is 6.45. The molecule has 0 radical (unpaired) electrons. The minimum absolute atomic E-state index is 0.600. The quantitative estimate of drug-likeness (QED) is 0.636. The van der Waals surface area contributed by atoms with Crippen molar-refractivity contribution in [3.8, 4) is 5.69 Å². The number of nitrogens with zero attached hydrogens (tertiary/aromatic N) is 3. The Morgan fingerprint density at radius 3 is 2.88 bits per heavy atom. The molecule has 3 aromatic rings. The molecule has 0 atom stereocenters. The van der Waals surface area contributed by atoms with E-state index in [1.165, 1.54) is 16.8 Å². The molecule has 0 bridgehead atoms. The molecular weight excluding hydrogens is 330 g/mol. The number of anilines is 1. The summed E-state index contributed by atoms with van der Waals surface area (Å²) in [5.74, 6) is 0. The van der Waals surface area contributed by atoms with E-state index in [9.17, 15) is 0 Å². The first kappa shape index (κ1) is 14.8. The normalized spacial score (nSPS) is 15.3. The number of hydrogen-bond acceptors (Lipinski definition) is 2. The summed E-state index contributed by atoms with van der Waals surface area (Å²) in [4.78, 5) is 7.26. The molecular formula is C21H18ClN3. The summed E-state index contributed by atoms with van der Waals surface area (Å²) in [6, 6.07) is 17.0. The first-order chi connectivity index (χ1) is 12.2. The molecule has 3 heterocycles. The topological polar surface area (TPSA) is 20.5 Å². The summed E-state index contributed by atoms with van der Waals surface area (Å²) in [5, 5.41) is 0.776. The summed E-state index contributed by atoms with van der Waals surface area (Å²) >= 11 is 6.45. The lowest BCUT2D eigenvalue weighted by Gasteiger charge is -2.14. The zero-order valence-electron chi connectivity index (χ0n) is 14.0. The Hall–Kier alpha value is -2.52. The third-order valence-electron chi connectivity index (χ3n) is 5.22. The highest BCUT2D eigenvalue weighted by molar-refractivity contribution is 6.31. The van der Waals surface area contributed by atoms with Gasteiger partial charge in [-0.15, -0.1) is 0 Å². The maximum atomic E-state index is 6.45. The van der Waals surface area contributed by atoms with Gasteiger partial charge in [-0.3, -0.25) is 4.99 Å². The van der Waals surface area contributed by atoms with Gasteiger partial charge in [0, 0.05) is 41.6 Å². The molecule has 3 nitrogen and oxygen atoms in total. The van der Waals surface area contributed by atoms with Gasteiger partial charge in [-0.05, 0) is 48.4 Å². The highest BCUT2D eigenvalue weighted by Crippen LogP contribution is 2.32. The molecule has 0 spiro atoms. The van der Waals surface area contributed by atoms with E-state index in [1.54, 1.807) is 0 Å². The third kappa shape index (κ3) is 2.23. The van der Waals surface area contributed by atoms with Crippen LogP contribution in [0.15, 0.2) is 59.7 Å². The van der Waals surface area contributed by atoms with E-state index in [1.807, 2.05) is 12.1 Å². The van der Waals surface area contributed by atoms with Gasteiger partial charge in [0.2, 0.25) is 0 Å². The summed E-state index contributed by atoms with van der Waals surface area (Å²) in [5.41, 5.74) is 8.27. The van der Waals surface area contributed by atoms with Crippen LogP contribution in [0.1, 0.15) is 22.4 Å². The van der Waals surface area contributed by atoms with Crippen molar-refractivity contribution in [3.63, 3.8) is 0 Å². The fraction of sp³-hybridized carbons (Fsp3) is 0.190. The molecule has 0 N–H and O–H groups in total. The van der Waals surface area contributed by atoms with Crippen molar-refractivity contribution < 1.29 is 0 Å². The molecule has 2 aromatic carbocycles. The number of rotatable bonds is 1. The lowest BCUT2D eigenvalue weighted by atomic mass is 10.0. The van der Waals surface area contributed by atoms with Crippen molar-refractivity contribution in [1.29, 1.82) is 0 Å². The van der Waals surface area contributed by atoms with E-state index in [-0.39, 0.29) is 0 Å². The van der Waals surface area contributed by atoms with Gasteiger partial charge in [0.1, 0.15) is 0 Å². The van der Waals surface area contributed by atoms with Gasteiger partial charge in [0.15, 0.2) is 0 Å². The molecule has 0 aliphatic carbocycles. The lowest BCUT2D eigenvalue weighted by Crippen LogP contribution is -2.12. The Balaban J connectivity index is 1.68. The number of benzene rings is 2. The summed E-state index contributed by atoms with van der Waals surface area (Å²) in [6.07, 6.45) is 3.19. The number of likely N-dealkylation sites (N-methyl/N-ethyl adjacent to an activating group) is 1. The minimum atomic E-state index is 0.600. The average Bonchev–Trinajstić information content (AvgIpc) is 3.20. The monoisotopic (exact) mass is 347 g/mol. The molecule has 2 aliphatic heterocycles. The van der Waals surface area contributed by atoms with Crippen LogP contribution in [0.2, 0.25) is 5.02 Å². The molecule has 0 fully saturated rings. The van der Waals surface area contributed by atoms with Gasteiger partial charge < -0.3 is 9.47 Å². The number of aromatic nitrogens is 1. The molecule has 1 aromatic heterocycles. The van der Waals surface area contributed by atoms with Crippen molar-refractivity contribution in [3.05, 3.63) is 82.1 Å². The average molecular weight is 348 g/mol. The Morgan fingerprint density at radius 2 is 1.96 bits per heavy atom. The number of halogens is 1. The molecule has 124 valence electrons. The highest BCUT2D eigenvalue weighted by Gasteiger charge is 2.22. The fourth-order valence-electron chi connectivity index (χ4n) is 3.91. The molecule has 0 saturated carbocycles. The Morgan fingerprint density at radius 1 is 1.04 bits per heavy atom. The second-order valence-corrected chi connectivity index (χ2v) is 7.09. The van der Waals surface area contributed by atoms with Crippen LogP contribution in [0.3, 0.4) is 0 Å². The summed E-state index contributed by atoms with van der Waals surface area (Å²) in [7, 11) is 2.15. The second-order valence-electron chi connectivity index (χ2n) is 6.68. The molecule has 5 rings (SSSR count). The van der Waals surface area contributed by atoms with Crippen molar-refractivity contribution in [2.24, 2.45) is 4.99 Å². The first-order valence-electron chi connectivity index (χ1n) is 8.57. The van der Waals surface area contributed by atoms with E-state index in [2.05, 4.69) is 59.1 Å². The van der Waals surface area contributed by atoms with E-state index in [4.69, 9.17) is 16.6 Å². The van der Waals surface area contributed by atoms with Crippen LogP contribution in [0.4, 0.5) is 5.69 Å². The maximum Gasteiger partial charge on any atom is 0.0891 e. The van der Waals surface area contributed by atoms with Gasteiger partial charge in [-0.2, -0.15) is 0 Å². The zero-order valence-corrected chi connectivity index (χ0v) is 14.8. The summed E-state index contributed by atoms with van der Waals surface area (Å²) in [6.45, 7) is 1.69. The predicted molar refractivity (Wildman–Crippen MR) is 104 cm³/mol. The second kappa shape index (κ2) is 5.50. The van der Waals surface area contributed by atoms with Gasteiger partial charge >= 0.3 is 0 Å². The van der Waals surface area contributed by atoms with Crippen LogP contribution < -0.4 is 4.90 Å². The largest absolute Gasteiger partial charge is 0.374 e. The number of fused-ring (bicyclic) bond motifs is 4. The smallest absolute Gasteiger partial charge is 0.0891 e. The van der Waals surface area contributed by atoms with Crippen LogP contribution in [-0.4, -0.2) is 23.9 Å².